The third-order valence-corrected chi connectivity index (χ3v) is 11.3. The van der Waals surface area contributed by atoms with E-state index in [4.69, 9.17) is 0 Å². The van der Waals surface area contributed by atoms with Gasteiger partial charge in [0.15, 0.2) is 5.78 Å². The molecule has 2 saturated carbocycles. The first-order valence-corrected chi connectivity index (χ1v) is 17.1. The first kappa shape index (κ1) is 30.3. The monoisotopic (exact) mass is 696 g/mol. The van der Waals surface area contributed by atoms with Crippen LogP contribution in [0.25, 0.3) is 22.0 Å². The number of nitrogens with one attached hydrogen (secondary N) is 1. The number of hydrogen-bond acceptors (Lipinski definition) is 8. The fraction of sp³-hybridized carbons (Fsp3) is 0.457. The maximum Gasteiger partial charge on any atom is 0.248 e. The van der Waals surface area contributed by atoms with E-state index in [1.54, 1.807) is 22.0 Å². The van der Waals surface area contributed by atoms with Crippen molar-refractivity contribution in [3.63, 3.8) is 0 Å². The summed E-state index contributed by atoms with van der Waals surface area (Å²) < 4.78 is 2.24. The van der Waals surface area contributed by atoms with Gasteiger partial charge in [0.05, 0.1) is 5.52 Å². The zero-order valence-electron chi connectivity index (χ0n) is 26.8. The predicted octanol–water partition coefficient (Wildman–Crippen LogP) is 4.95. The van der Waals surface area contributed by atoms with Crippen LogP contribution in [-0.2, 0) is 16.1 Å². The molecule has 0 radical (unpaired) electrons. The first-order valence-electron chi connectivity index (χ1n) is 16.3. The van der Waals surface area contributed by atoms with Gasteiger partial charge < -0.3 is 15.1 Å². The molecule has 8 rings (SSSR count). The molecule has 5 heterocycles. The molecule has 2 aliphatic heterocycles. The number of carbonyl (C=O) groups is 3. The number of likely N-dealkylation sites (tertiary alicyclic amines) is 2. The average Bonchev–Trinajstić information content (AvgIpc) is 3.41. The molecule has 4 aliphatic rings. The molecule has 0 unspecified atom stereocenters. The number of Topliss-reactive ketones (excluding diaryl/α,β-unsaturated/α-hetero) is 1. The Morgan fingerprint density at radius 2 is 1.79 bits per heavy atom. The molecule has 1 aromatic carbocycles. The van der Waals surface area contributed by atoms with Gasteiger partial charge in [0, 0.05) is 61.4 Å². The van der Waals surface area contributed by atoms with Crippen molar-refractivity contribution >= 4 is 50.2 Å². The van der Waals surface area contributed by atoms with E-state index in [0.717, 1.165) is 42.7 Å². The Labute approximate surface area is 281 Å². The number of nitrogens with zero attached hydrogens (tertiary/aromatic N) is 7. The lowest BCUT2D eigenvalue weighted by Crippen LogP contribution is -2.60. The minimum absolute atomic E-state index is 0.0116. The Morgan fingerprint density at radius 3 is 2.49 bits per heavy atom. The number of rotatable bonds is 8. The van der Waals surface area contributed by atoms with Crippen molar-refractivity contribution in [2.24, 2.45) is 10.8 Å². The summed E-state index contributed by atoms with van der Waals surface area (Å²) in [6.45, 7) is 8.29. The summed E-state index contributed by atoms with van der Waals surface area (Å²) in [6.07, 6.45) is 8.96. The van der Waals surface area contributed by atoms with Crippen LogP contribution in [-0.4, -0.2) is 83.8 Å². The van der Waals surface area contributed by atoms with E-state index in [1.807, 2.05) is 44.2 Å². The first-order chi connectivity index (χ1) is 22.5. The van der Waals surface area contributed by atoms with Crippen molar-refractivity contribution in [1.29, 1.82) is 0 Å². The Kier molecular flexibility index (Phi) is 7.10. The van der Waals surface area contributed by atoms with Gasteiger partial charge in [-0.05, 0) is 90.2 Å². The molecule has 12 heteroatoms. The summed E-state index contributed by atoms with van der Waals surface area (Å²) in [6, 6.07) is 8.82. The summed E-state index contributed by atoms with van der Waals surface area (Å²) in [4.78, 5) is 58.4. The minimum atomic E-state index is -0.623. The van der Waals surface area contributed by atoms with E-state index in [2.05, 4.69) is 46.2 Å². The minimum Gasteiger partial charge on any atom is -0.325 e. The lowest BCUT2D eigenvalue weighted by molar-refractivity contribution is -0.138. The fourth-order valence-electron chi connectivity index (χ4n) is 8.22. The van der Waals surface area contributed by atoms with Crippen LogP contribution in [0, 0.1) is 24.7 Å². The van der Waals surface area contributed by atoms with Gasteiger partial charge in [-0.3, -0.25) is 19.1 Å². The Hall–Kier alpha value is -4.03. The molecule has 4 aromatic rings. The van der Waals surface area contributed by atoms with Gasteiger partial charge in [-0.15, -0.1) is 0 Å². The summed E-state index contributed by atoms with van der Waals surface area (Å²) in [5.74, 6) is 0.573. The molecular weight excluding hydrogens is 660 g/mol. The Morgan fingerprint density at radius 1 is 1.02 bits per heavy atom. The quantitative estimate of drug-likeness (QED) is 0.203. The third-order valence-electron chi connectivity index (χ3n) is 10.9. The molecule has 47 heavy (non-hydrogen) atoms. The number of aromatic nitrogens is 5. The number of hydrogen-bond donors (Lipinski definition) is 1. The maximum absolute atomic E-state index is 14.3. The number of aryl methyl sites for hydroxylation is 2. The van der Waals surface area contributed by atoms with Gasteiger partial charge in [-0.1, -0.05) is 18.6 Å². The van der Waals surface area contributed by atoms with Gasteiger partial charge >= 0.3 is 0 Å². The molecule has 3 atom stereocenters. The lowest BCUT2D eigenvalue weighted by atomic mass is 9.63. The van der Waals surface area contributed by atoms with Crippen molar-refractivity contribution in [3.8, 4) is 11.1 Å². The number of ketones is 1. The molecular formula is C35H37BrN8O3. The van der Waals surface area contributed by atoms with E-state index >= 15 is 0 Å². The molecule has 1 spiro atoms. The van der Waals surface area contributed by atoms with Crippen LogP contribution in [0.5, 0.6) is 0 Å². The molecule has 1 N–H and O–H groups in total. The number of halogens is 1. The highest BCUT2D eigenvalue weighted by Gasteiger charge is 2.68. The fourth-order valence-corrected chi connectivity index (χ4v) is 8.52. The van der Waals surface area contributed by atoms with E-state index in [1.165, 1.54) is 26.2 Å². The number of anilines is 1. The number of carbonyl (C=O) groups excluding carboxylic acids is 3. The van der Waals surface area contributed by atoms with Crippen molar-refractivity contribution < 1.29 is 14.4 Å². The average molecular weight is 698 g/mol. The van der Waals surface area contributed by atoms with E-state index in [-0.39, 0.29) is 35.6 Å². The number of benzene rings is 1. The van der Waals surface area contributed by atoms with E-state index in [0.29, 0.717) is 44.7 Å². The van der Waals surface area contributed by atoms with Crippen molar-refractivity contribution in [2.75, 3.05) is 25.0 Å². The zero-order valence-corrected chi connectivity index (χ0v) is 28.4. The smallest absolute Gasteiger partial charge is 0.248 e. The third kappa shape index (κ3) is 5.25. The molecule has 3 aromatic heterocycles. The molecule has 11 nitrogen and oxygen atoms in total. The highest BCUT2D eigenvalue weighted by Crippen LogP contribution is 2.61. The normalized spacial score (nSPS) is 24.1. The summed E-state index contributed by atoms with van der Waals surface area (Å²) in [5, 5.41) is 8.32. The van der Waals surface area contributed by atoms with Crippen molar-refractivity contribution in [3.05, 3.63) is 64.4 Å². The number of pyridine rings is 1. The topological polar surface area (TPSA) is 126 Å². The second-order valence-corrected chi connectivity index (χ2v) is 15.0. The SMILES string of the molecule is CC(=O)c1nn(CC(=O)N2[C@H]3C[C@@]3(CN3CC4(CCC4)C3)C[C@H]2C(=O)Nc2nc(Br)ccc2C)c2ccc(-c3cnc(C)nc3)cc12. The lowest BCUT2D eigenvalue weighted by Gasteiger charge is -2.56. The number of amides is 2. The summed E-state index contributed by atoms with van der Waals surface area (Å²) >= 11 is 3.41. The van der Waals surface area contributed by atoms with Crippen LogP contribution in [0.15, 0.2) is 47.3 Å². The van der Waals surface area contributed by atoms with Gasteiger partial charge in [0.2, 0.25) is 11.8 Å². The largest absolute Gasteiger partial charge is 0.325 e. The van der Waals surface area contributed by atoms with Crippen molar-refractivity contribution in [1.82, 2.24) is 34.5 Å². The molecule has 0 bridgehead atoms. The number of fused-ring (bicyclic) bond motifs is 2. The van der Waals surface area contributed by atoms with E-state index < -0.39 is 6.04 Å². The van der Waals surface area contributed by atoms with Gasteiger partial charge in [0.1, 0.15) is 34.5 Å². The standard InChI is InChI=1S/C35H37BrN8O3/c1-20-5-8-29(36)39-32(20)40-33(47)27-12-35(19-42-17-34(18-42)9-4-10-34)13-28(35)44(27)30(46)16-43-26-7-6-23(24-14-37-22(3)38-15-24)11-25(26)31(41-43)21(2)45/h5-8,11,14-15,27-28H,4,9-10,12-13,16-19H2,1-3H3,(H,39,40,47)/t27-,28-,35+/m0/s1. The van der Waals surface area contributed by atoms with Crippen LogP contribution < -0.4 is 5.32 Å². The van der Waals surface area contributed by atoms with Crippen molar-refractivity contribution in [2.45, 2.75) is 71.5 Å². The van der Waals surface area contributed by atoms with E-state index in [9.17, 15) is 14.4 Å². The zero-order chi connectivity index (χ0) is 32.7. The van der Waals surface area contributed by atoms with Crippen LogP contribution >= 0.6 is 15.9 Å². The van der Waals surface area contributed by atoms with Crippen LogP contribution in [0.3, 0.4) is 0 Å². The van der Waals surface area contributed by atoms with Crippen LogP contribution in [0.4, 0.5) is 5.82 Å². The molecule has 242 valence electrons. The summed E-state index contributed by atoms with van der Waals surface area (Å²) in [5.41, 5.74) is 3.94. The highest BCUT2D eigenvalue weighted by atomic mass is 79.9. The molecule has 2 saturated heterocycles. The number of piperidine rings is 1. The maximum atomic E-state index is 14.3. The Balaban J connectivity index is 1.08. The van der Waals surface area contributed by atoms with Gasteiger partial charge in [-0.25, -0.2) is 15.0 Å². The molecule has 2 amide bonds. The Bertz CT molecular complexity index is 1950. The molecule has 2 aliphatic carbocycles. The van der Waals surface area contributed by atoms with Gasteiger partial charge in [0.25, 0.3) is 0 Å². The second kappa shape index (κ2) is 11.0. The second-order valence-electron chi connectivity index (χ2n) is 14.2. The summed E-state index contributed by atoms with van der Waals surface area (Å²) in [7, 11) is 0. The van der Waals surface area contributed by atoms with Crippen LogP contribution in [0.2, 0.25) is 0 Å². The highest BCUT2D eigenvalue weighted by molar-refractivity contribution is 9.10. The van der Waals surface area contributed by atoms with Crippen LogP contribution in [0.1, 0.15) is 60.9 Å². The predicted molar refractivity (Wildman–Crippen MR) is 180 cm³/mol. The molecule has 4 fully saturated rings. The van der Waals surface area contributed by atoms with Gasteiger partial charge in [-0.2, -0.15) is 5.10 Å².